The predicted molar refractivity (Wildman–Crippen MR) is 92.0 cm³/mol. The number of aromatic nitrogens is 2. The molecule has 0 saturated carbocycles. The third-order valence-corrected chi connectivity index (χ3v) is 3.50. The number of ether oxygens (including phenoxy) is 1. The van der Waals surface area contributed by atoms with Gasteiger partial charge in [-0.25, -0.2) is 0 Å². The van der Waals surface area contributed by atoms with Crippen molar-refractivity contribution in [3.05, 3.63) is 64.0 Å². The van der Waals surface area contributed by atoms with Crippen molar-refractivity contribution in [2.45, 2.75) is 0 Å². The molecule has 0 aliphatic carbocycles. The minimum absolute atomic E-state index is 0.0414. The Hall–Kier alpha value is -3.46. The van der Waals surface area contributed by atoms with Crippen LogP contribution in [0.3, 0.4) is 0 Å². The molecule has 0 radical (unpaired) electrons. The summed E-state index contributed by atoms with van der Waals surface area (Å²) < 4.78 is 10.4. The van der Waals surface area contributed by atoms with Crippen molar-refractivity contribution < 1.29 is 18.9 Å². The lowest BCUT2D eigenvalue weighted by Gasteiger charge is -2.08. The minimum atomic E-state index is -0.626. The van der Waals surface area contributed by atoms with E-state index in [1.165, 1.54) is 18.5 Å². The van der Waals surface area contributed by atoms with Gasteiger partial charge in [0.05, 0.1) is 4.92 Å². The maximum Gasteiger partial charge on any atom is 0.294 e. The maximum absolute atomic E-state index is 12.0. The Morgan fingerprint density at radius 2 is 2.04 bits per heavy atom. The van der Waals surface area contributed by atoms with E-state index in [-0.39, 0.29) is 23.0 Å². The predicted octanol–water partition coefficient (Wildman–Crippen LogP) is 3.32. The minimum Gasteiger partial charge on any atom is -0.484 e. The van der Waals surface area contributed by atoms with Crippen LogP contribution in [-0.2, 0) is 4.79 Å². The molecule has 10 heteroatoms. The van der Waals surface area contributed by atoms with E-state index in [0.29, 0.717) is 17.2 Å². The van der Waals surface area contributed by atoms with Gasteiger partial charge >= 0.3 is 0 Å². The largest absolute Gasteiger partial charge is 0.484 e. The van der Waals surface area contributed by atoms with Gasteiger partial charge in [-0.1, -0.05) is 11.6 Å². The first-order chi connectivity index (χ1) is 12.5. The number of nitro groups is 1. The molecule has 0 saturated heterocycles. The SMILES string of the molecule is O=C(COc1ccc(-c2nnco2)cc1)Nc1ccc(Cl)cc1[N+](=O)[O-]. The van der Waals surface area contributed by atoms with Crippen molar-refractivity contribution in [3.63, 3.8) is 0 Å². The number of benzene rings is 2. The zero-order valence-corrected chi connectivity index (χ0v) is 13.8. The summed E-state index contributed by atoms with van der Waals surface area (Å²) >= 11 is 5.73. The Morgan fingerprint density at radius 1 is 1.27 bits per heavy atom. The molecule has 1 aromatic heterocycles. The van der Waals surface area contributed by atoms with E-state index in [9.17, 15) is 14.9 Å². The molecule has 0 aliphatic rings. The normalized spacial score (nSPS) is 10.3. The van der Waals surface area contributed by atoms with Crippen molar-refractivity contribution in [2.24, 2.45) is 0 Å². The van der Waals surface area contributed by atoms with Crippen molar-refractivity contribution >= 4 is 28.9 Å². The maximum atomic E-state index is 12.0. The first-order valence-corrected chi connectivity index (χ1v) is 7.64. The van der Waals surface area contributed by atoms with Crippen LogP contribution in [0.5, 0.6) is 5.75 Å². The van der Waals surface area contributed by atoms with Gasteiger partial charge in [0.15, 0.2) is 6.61 Å². The number of hydrogen-bond donors (Lipinski definition) is 1. The van der Waals surface area contributed by atoms with Gasteiger partial charge in [0.1, 0.15) is 11.4 Å². The molecule has 1 amide bonds. The van der Waals surface area contributed by atoms with Crippen LogP contribution in [0, 0.1) is 10.1 Å². The van der Waals surface area contributed by atoms with Crippen LogP contribution in [0.1, 0.15) is 0 Å². The van der Waals surface area contributed by atoms with Gasteiger partial charge in [-0.2, -0.15) is 0 Å². The van der Waals surface area contributed by atoms with Crippen molar-refractivity contribution in [1.82, 2.24) is 10.2 Å². The molecule has 0 spiro atoms. The summed E-state index contributed by atoms with van der Waals surface area (Å²) in [6, 6.07) is 10.6. The van der Waals surface area contributed by atoms with Crippen LogP contribution in [0.2, 0.25) is 5.02 Å². The summed E-state index contributed by atoms with van der Waals surface area (Å²) in [5, 5.41) is 21.0. The lowest BCUT2D eigenvalue weighted by atomic mass is 10.2. The van der Waals surface area contributed by atoms with E-state index >= 15 is 0 Å². The summed E-state index contributed by atoms with van der Waals surface area (Å²) in [5.74, 6) is 0.259. The summed E-state index contributed by atoms with van der Waals surface area (Å²) in [7, 11) is 0. The monoisotopic (exact) mass is 374 g/mol. The highest BCUT2D eigenvalue weighted by atomic mass is 35.5. The quantitative estimate of drug-likeness (QED) is 0.519. The molecular weight excluding hydrogens is 364 g/mol. The Kier molecular flexibility index (Phi) is 5.09. The molecule has 3 rings (SSSR count). The zero-order valence-electron chi connectivity index (χ0n) is 13.1. The Labute approximate surface area is 151 Å². The van der Waals surface area contributed by atoms with Gasteiger partial charge < -0.3 is 14.5 Å². The second-order valence-electron chi connectivity index (χ2n) is 5.02. The highest BCUT2D eigenvalue weighted by Gasteiger charge is 2.16. The lowest BCUT2D eigenvalue weighted by molar-refractivity contribution is -0.383. The number of carbonyl (C=O) groups excluding carboxylic acids is 1. The smallest absolute Gasteiger partial charge is 0.294 e. The fourth-order valence-corrected chi connectivity index (χ4v) is 2.26. The number of anilines is 1. The molecule has 2 aromatic carbocycles. The van der Waals surface area contributed by atoms with E-state index in [1.54, 1.807) is 24.3 Å². The fourth-order valence-electron chi connectivity index (χ4n) is 2.09. The van der Waals surface area contributed by atoms with E-state index in [4.69, 9.17) is 20.8 Å². The van der Waals surface area contributed by atoms with Gasteiger partial charge in [-0.3, -0.25) is 14.9 Å². The molecule has 9 nitrogen and oxygen atoms in total. The second-order valence-corrected chi connectivity index (χ2v) is 5.46. The van der Waals surface area contributed by atoms with Gasteiger partial charge in [0.2, 0.25) is 12.3 Å². The van der Waals surface area contributed by atoms with Gasteiger partial charge in [-0.15, -0.1) is 10.2 Å². The van der Waals surface area contributed by atoms with E-state index in [0.717, 1.165) is 6.07 Å². The molecular formula is C16H11ClN4O5. The topological polar surface area (TPSA) is 120 Å². The summed E-state index contributed by atoms with van der Waals surface area (Å²) in [6.07, 6.45) is 1.22. The van der Waals surface area contributed by atoms with Crippen molar-refractivity contribution in [2.75, 3.05) is 11.9 Å². The molecule has 26 heavy (non-hydrogen) atoms. The number of carbonyl (C=O) groups is 1. The third kappa shape index (κ3) is 4.14. The summed E-state index contributed by atoms with van der Waals surface area (Å²) in [6.45, 7) is -0.320. The number of amides is 1. The number of nitrogens with one attached hydrogen (secondary N) is 1. The lowest BCUT2D eigenvalue weighted by Crippen LogP contribution is -2.20. The van der Waals surface area contributed by atoms with E-state index in [1.807, 2.05) is 0 Å². The molecule has 0 unspecified atom stereocenters. The summed E-state index contributed by atoms with van der Waals surface area (Å²) in [4.78, 5) is 22.4. The molecule has 0 bridgehead atoms. The standard InChI is InChI=1S/C16H11ClN4O5/c17-11-3-6-13(14(7-11)21(23)24)19-15(22)8-25-12-4-1-10(2-5-12)16-20-18-9-26-16/h1-7,9H,8H2,(H,19,22). The number of halogens is 1. The fraction of sp³-hybridized carbons (Fsp3) is 0.0625. The van der Waals surface area contributed by atoms with Gasteiger partial charge in [-0.05, 0) is 36.4 Å². The number of hydrogen-bond acceptors (Lipinski definition) is 7. The first kappa shape index (κ1) is 17.4. The zero-order chi connectivity index (χ0) is 18.5. The van der Waals surface area contributed by atoms with Crippen LogP contribution in [0.15, 0.2) is 53.3 Å². The number of rotatable bonds is 6. The van der Waals surface area contributed by atoms with Gasteiger partial charge in [0, 0.05) is 16.7 Å². The highest BCUT2D eigenvalue weighted by molar-refractivity contribution is 6.31. The Morgan fingerprint density at radius 3 is 2.69 bits per heavy atom. The van der Waals surface area contributed by atoms with Gasteiger partial charge in [0.25, 0.3) is 11.6 Å². The van der Waals surface area contributed by atoms with E-state index in [2.05, 4.69) is 15.5 Å². The Balaban J connectivity index is 1.60. The second kappa shape index (κ2) is 7.62. The number of nitro benzene ring substituents is 1. The highest BCUT2D eigenvalue weighted by Crippen LogP contribution is 2.27. The van der Waals surface area contributed by atoms with Crippen LogP contribution in [0.4, 0.5) is 11.4 Å². The average Bonchev–Trinajstić information content (AvgIpc) is 3.16. The van der Waals surface area contributed by atoms with E-state index < -0.39 is 10.8 Å². The molecule has 1 heterocycles. The van der Waals surface area contributed by atoms with Crippen molar-refractivity contribution in [1.29, 1.82) is 0 Å². The van der Waals surface area contributed by atoms with Crippen LogP contribution >= 0.6 is 11.6 Å². The van der Waals surface area contributed by atoms with Crippen LogP contribution in [-0.4, -0.2) is 27.6 Å². The average molecular weight is 375 g/mol. The summed E-state index contributed by atoms with van der Waals surface area (Å²) in [5.41, 5.74) is 0.450. The third-order valence-electron chi connectivity index (χ3n) is 3.26. The first-order valence-electron chi connectivity index (χ1n) is 7.26. The Bertz CT molecular complexity index is 928. The number of nitrogens with zero attached hydrogens (tertiary/aromatic N) is 3. The molecule has 0 aliphatic heterocycles. The van der Waals surface area contributed by atoms with Crippen LogP contribution in [0.25, 0.3) is 11.5 Å². The molecule has 1 N–H and O–H groups in total. The molecule has 3 aromatic rings. The van der Waals surface area contributed by atoms with Crippen molar-refractivity contribution in [3.8, 4) is 17.2 Å². The molecule has 132 valence electrons. The molecule has 0 atom stereocenters. The van der Waals surface area contributed by atoms with Crippen LogP contribution < -0.4 is 10.1 Å². The molecule has 0 fully saturated rings.